The molecule has 0 aliphatic carbocycles. The number of phosphoric ester groups is 2. The minimum atomic E-state index is -4.95. The summed E-state index contributed by atoms with van der Waals surface area (Å²) < 4.78 is 68.2. The highest BCUT2D eigenvalue weighted by Gasteiger charge is 2.30. The first kappa shape index (κ1) is 89.1. The fourth-order valence-corrected chi connectivity index (χ4v) is 12.5. The van der Waals surface area contributed by atoms with Crippen LogP contribution in [0, 0.1) is 11.8 Å². The molecule has 0 amide bonds. The Labute approximate surface area is 556 Å². The van der Waals surface area contributed by atoms with Gasteiger partial charge in [0.25, 0.3) is 0 Å². The van der Waals surface area contributed by atoms with Crippen molar-refractivity contribution in [3.8, 4) is 0 Å². The van der Waals surface area contributed by atoms with E-state index in [9.17, 15) is 43.2 Å². The van der Waals surface area contributed by atoms with Gasteiger partial charge >= 0.3 is 39.5 Å². The molecule has 0 aromatic carbocycles. The third kappa shape index (κ3) is 65.1. The van der Waals surface area contributed by atoms with Crippen LogP contribution in [0.4, 0.5) is 0 Å². The van der Waals surface area contributed by atoms with E-state index in [1.54, 1.807) is 0 Å². The summed E-state index contributed by atoms with van der Waals surface area (Å²) >= 11 is 0. The molecule has 3 N–H and O–H groups in total. The van der Waals surface area contributed by atoms with Crippen molar-refractivity contribution < 1.29 is 80.2 Å². The van der Waals surface area contributed by atoms with E-state index < -0.39 is 97.5 Å². The molecule has 0 aromatic heterocycles. The summed E-state index contributed by atoms with van der Waals surface area (Å²) in [6.07, 6.45) is 50.2. The number of hydrogen-bond donors (Lipinski definition) is 3. The molecule has 0 aliphatic rings. The summed E-state index contributed by atoms with van der Waals surface area (Å²) in [7, 11) is -9.90. The maximum absolute atomic E-state index is 13.0. The first-order valence-electron chi connectivity index (χ1n) is 37.5. The zero-order chi connectivity index (χ0) is 67.2. The summed E-state index contributed by atoms with van der Waals surface area (Å²) in [4.78, 5) is 72.4. The fraction of sp³-hybridized carbons (Fsp3) is 0.944. The van der Waals surface area contributed by atoms with E-state index in [0.717, 1.165) is 102 Å². The van der Waals surface area contributed by atoms with Crippen LogP contribution >= 0.6 is 15.6 Å². The molecule has 0 rings (SSSR count). The zero-order valence-electron chi connectivity index (χ0n) is 59.1. The van der Waals surface area contributed by atoms with Crippen LogP contribution in [0.3, 0.4) is 0 Å². The van der Waals surface area contributed by atoms with Crippen LogP contribution in [0.25, 0.3) is 0 Å². The summed E-state index contributed by atoms with van der Waals surface area (Å²) in [5, 5.41) is 10.6. The van der Waals surface area contributed by atoms with Gasteiger partial charge in [0.05, 0.1) is 26.4 Å². The SMILES string of the molecule is CCCCCCCCCCCCCC(=O)OC[C@H](COP(=O)(O)OC[C@@H](O)COP(=O)(O)OC[C@@H](COC(=O)CCCCCCCCCC)OC(=O)CCCCCCCCCC(C)C)OC(=O)CCCCCCCCCCCCCCCCCCCCC(C)CC. The van der Waals surface area contributed by atoms with Crippen LogP contribution in [0.2, 0.25) is 0 Å². The molecule has 0 saturated carbocycles. The van der Waals surface area contributed by atoms with Crippen molar-refractivity contribution in [1.82, 2.24) is 0 Å². The monoisotopic (exact) mass is 1340 g/mol. The lowest BCUT2D eigenvalue weighted by molar-refractivity contribution is -0.161. The van der Waals surface area contributed by atoms with Crippen LogP contribution in [0.5, 0.6) is 0 Å². The van der Waals surface area contributed by atoms with Gasteiger partial charge in [-0.2, -0.15) is 0 Å². The first-order valence-corrected chi connectivity index (χ1v) is 40.5. The second-order valence-electron chi connectivity index (χ2n) is 26.7. The number of carbonyl (C=O) groups excluding carboxylic acids is 4. The molecular weight excluding hydrogens is 1200 g/mol. The molecule has 0 heterocycles. The fourth-order valence-electron chi connectivity index (χ4n) is 10.9. The third-order valence-corrected chi connectivity index (χ3v) is 19.0. The lowest BCUT2D eigenvalue weighted by atomic mass is 9.99. The molecule has 6 atom stereocenters. The van der Waals surface area contributed by atoms with Gasteiger partial charge in [-0.1, -0.05) is 318 Å². The van der Waals surface area contributed by atoms with Crippen molar-refractivity contribution in [2.75, 3.05) is 39.6 Å². The predicted octanol–water partition coefficient (Wildman–Crippen LogP) is 20.8. The van der Waals surface area contributed by atoms with E-state index >= 15 is 0 Å². The molecule has 91 heavy (non-hydrogen) atoms. The van der Waals surface area contributed by atoms with E-state index in [4.69, 9.17) is 37.0 Å². The molecule has 0 aromatic rings. The zero-order valence-corrected chi connectivity index (χ0v) is 60.9. The highest BCUT2D eigenvalue weighted by Crippen LogP contribution is 2.45. The van der Waals surface area contributed by atoms with Crippen LogP contribution in [0.15, 0.2) is 0 Å². The number of esters is 4. The molecule has 19 heteroatoms. The Hall–Kier alpha value is -1.94. The maximum Gasteiger partial charge on any atom is 0.472 e. The summed E-state index contributed by atoms with van der Waals surface area (Å²) in [5.41, 5.74) is 0. The number of ether oxygens (including phenoxy) is 4. The average Bonchev–Trinajstić information content (AvgIpc) is 3.73. The number of phosphoric acid groups is 2. The Morgan fingerprint density at radius 1 is 0.319 bits per heavy atom. The Morgan fingerprint density at radius 3 is 0.835 bits per heavy atom. The first-order chi connectivity index (χ1) is 43.9. The highest BCUT2D eigenvalue weighted by molar-refractivity contribution is 7.47. The van der Waals surface area contributed by atoms with Gasteiger partial charge in [0.1, 0.15) is 19.3 Å². The number of hydrogen-bond acceptors (Lipinski definition) is 15. The van der Waals surface area contributed by atoms with E-state index in [-0.39, 0.29) is 25.7 Å². The molecular formula is C72H140O17P2. The van der Waals surface area contributed by atoms with Crippen molar-refractivity contribution >= 4 is 39.5 Å². The normalized spacial score (nSPS) is 14.4. The van der Waals surface area contributed by atoms with Gasteiger partial charge in [-0.25, -0.2) is 9.13 Å². The smallest absolute Gasteiger partial charge is 0.462 e. The van der Waals surface area contributed by atoms with Gasteiger partial charge < -0.3 is 33.8 Å². The summed E-state index contributed by atoms with van der Waals surface area (Å²) in [6, 6.07) is 0. The minimum absolute atomic E-state index is 0.103. The predicted molar refractivity (Wildman–Crippen MR) is 368 cm³/mol. The number of rotatable bonds is 71. The van der Waals surface area contributed by atoms with Crippen LogP contribution in [-0.4, -0.2) is 96.7 Å². The lowest BCUT2D eigenvalue weighted by Crippen LogP contribution is -2.30. The summed E-state index contributed by atoms with van der Waals surface area (Å²) in [5.74, 6) is -0.560. The van der Waals surface area contributed by atoms with Crippen molar-refractivity contribution in [1.29, 1.82) is 0 Å². The Morgan fingerprint density at radius 2 is 0.560 bits per heavy atom. The Balaban J connectivity index is 5.13. The molecule has 0 fully saturated rings. The minimum Gasteiger partial charge on any atom is -0.462 e. The van der Waals surface area contributed by atoms with Gasteiger partial charge in [0.15, 0.2) is 12.2 Å². The molecule has 0 spiro atoms. The Kier molecular flexibility index (Phi) is 62.7. The molecule has 0 saturated heterocycles. The molecule has 540 valence electrons. The highest BCUT2D eigenvalue weighted by atomic mass is 31.2. The number of aliphatic hydroxyl groups is 1. The van der Waals surface area contributed by atoms with Crippen LogP contribution in [0.1, 0.15) is 369 Å². The second-order valence-corrected chi connectivity index (χ2v) is 29.6. The van der Waals surface area contributed by atoms with E-state index in [0.29, 0.717) is 31.6 Å². The van der Waals surface area contributed by atoms with Gasteiger partial charge in [-0.05, 0) is 37.5 Å². The van der Waals surface area contributed by atoms with Crippen LogP contribution in [-0.2, 0) is 65.4 Å². The largest absolute Gasteiger partial charge is 0.472 e. The molecule has 17 nitrogen and oxygen atoms in total. The van der Waals surface area contributed by atoms with E-state index in [2.05, 4.69) is 41.5 Å². The van der Waals surface area contributed by atoms with Crippen molar-refractivity contribution in [2.24, 2.45) is 11.8 Å². The average molecular weight is 1340 g/mol. The summed E-state index contributed by atoms with van der Waals surface area (Å²) in [6.45, 7) is 9.53. The van der Waals surface area contributed by atoms with E-state index in [1.807, 2.05) is 0 Å². The quantitative estimate of drug-likeness (QED) is 0.0222. The van der Waals surface area contributed by atoms with Gasteiger partial charge in [-0.3, -0.25) is 37.3 Å². The topological polar surface area (TPSA) is 237 Å². The van der Waals surface area contributed by atoms with Gasteiger partial charge in [0.2, 0.25) is 0 Å². The standard InChI is InChI=1S/C72H140O17P2/c1-7-10-12-14-16-18-27-31-37-43-49-55-70(75)83-61-67(88-71(76)56-50-44-38-32-29-26-24-22-20-19-21-23-25-28-30-35-41-47-53-65(6)9-3)62-86-90(78,79)84-58-66(73)59-85-91(80,81)87-63-68(60-82-69(74)54-48-42-36-17-15-13-11-8-2)89-72(77)57-51-45-39-33-34-40-46-52-64(4)5/h64-68,73H,7-63H2,1-6H3,(H,78,79)(H,80,81)/t65?,66-,67-,68-/m1/s1. The van der Waals surface area contributed by atoms with Crippen molar-refractivity contribution in [3.05, 3.63) is 0 Å². The van der Waals surface area contributed by atoms with Crippen LogP contribution < -0.4 is 0 Å². The van der Waals surface area contributed by atoms with Crippen molar-refractivity contribution in [3.63, 3.8) is 0 Å². The third-order valence-electron chi connectivity index (χ3n) is 17.1. The lowest BCUT2D eigenvalue weighted by Gasteiger charge is -2.21. The Bertz CT molecular complexity index is 1770. The second kappa shape index (κ2) is 64.1. The van der Waals surface area contributed by atoms with E-state index in [1.165, 1.54) is 180 Å². The molecule has 0 bridgehead atoms. The molecule has 0 aliphatic heterocycles. The molecule has 3 unspecified atom stereocenters. The number of carbonyl (C=O) groups is 4. The number of aliphatic hydroxyl groups excluding tert-OH is 1. The van der Waals surface area contributed by atoms with Crippen molar-refractivity contribution in [2.45, 2.75) is 387 Å². The molecule has 0 radical (unpaired) electrons. The van der Waals surface area contributed by atoms with Gasteiger partial charge in [-0.15, -0.1) is 0 Å². The number of unbranched alkanes of at least 4 members (excludes halogenated alkanes) is 40. The van der Waals surface area contributed by atoms with Gasteiger partial charge in [0, 0.05) is 25.7 Å². The maximum atomic E-state index is 13.0.